The van der Waals surface area contributed by atoms with Crippen molar-refractivity contribution in [1.82, 2.24) is 9.97 Å². The number of primary amides is 1. The number of ether oxygens (including phenoxy) is 1. The van der Waals surface area contributed by atoms with Crippen molar-refractivity contribution >= 4 is 25.7 Å². The Kier molecular flexibility index (Phi) is 4.90. The second-order valence-electron chi connectivity index (χ2n) is 5.06. The van der Waals surface area contributed by atoms with E-state index in [1.807, 2.05) is 24.3 Å². The van der Waals surface area contributed by atoms with Crippen molar-refractivity contribution in [2.75, 3.05) is 16.0 Å². The number of hydrogen-bond acceptors (Lipinski definition) is 4. The van der Waals surface area contributed by atoms with E-state index >= 15 is 0 Å². The minimum atomic E-state index is -1.46. The van der Waals surface area contributed by atoms with Gasteiger partial charge in [0.25, 0.3) is 0 Å². The zero-order valence-corrected chi connectivity index (χ0v) is 15.0. The van der Waals surface area contributed by atoms with Crippen molar-refractivity contribution in [2.24, 2.45) is 5.73 Å². The average Bonchev–Trinajstić information content (AvgIpc) is 2.62. The molecule has 2 heterocycles. The monoisotopic (exact) mass is 423 g/mol. The summed E-state index contributed by atoms with van der Waals surface area (Å²) in [6, 6.07) is 9.30. The fraction of sp³-hybridized carbons (Fsp3) is 0.235. The van der Waals surface area contributed by atoms with Crippen molar-refractivity contribution in [3.8, 4) is 17.0 Å². The Bertz CT molecular complexity index is 761. The van der Waals surface area contributed by atoms with E-state index in [4.69, 9.17) is 15.5 Å². The molecular weight excluding hydrogens is 405 g/mol. The van der Waals surface area contributed by atoms with Gasteiger partial charge in [0.05, 0.1) is 0 Å². The number of nitrogens with two attached hydrogens (primary N) is 1. The van der Waals surface area contributed by atoms with Gasteiger partial charge in [0, 0.05) is 0 Å². The Morgan fingerprint density at radius 3 is 2.83 bits per heavy atom. The number of rotatable bonds is 4. The molecule has 5 nitrogen and oxygen atoms in total. The summed E-state index contributed by atoms with van der Waals surface area (Å²) in [5.41, 5.74) is 7.39. The number of benzene rings is 1. The fourth-order valence-electron chi connectivity index (χ4n) is 2.31. The van der Waals surface area contributed by atoms with Crippen LogP contribution < -0.4 is 10.5 Å². The van der Waals surface area contributed by atoms with Gasteiger partial charge >= 0.3 is 142 Å². The van der Waals surface area contributed by atoms with E-state index in [2.05, 4.69) is 17.1 Å². The predicted molar refractivity (Wildman–Crippen MR) is 98.7 cm³/mol. The third kappa shape index (κ3) is 3.69. The molecule has 1 aliphatic rings. The molecule has 1 amide bonds. The van der Waals surface area contributed by atoms with Gasteiger partial charge in [-0.25, -0.2) is 0 Å². The number of halogens is 1. The summed E-state index contributed by atoms with van der Waals surface area (Å²) in [4.78, 5) is 20.8. The Balaban J connectivity index is 2.06. The molecule has 6 heteroatoms. The maximum atomic E-state index is 11.7. The summed E-state index contributed by atoms with van der Waals surface area (Å²) in [6.45, 7) is 0. The molecule has 0 unspecified atom stereocenters. The Hall–Kier alpha value is -1.96. The first kappa shape index (κ1) is 15.9. The molecule has 23 heavy (non-hydrogen) atoms. The Morgan fingerprint density at radius 1 is 1.26 bits per heavy atom. The number of aromatic nitrogens is 2. The minimum absolute atomic E-state index is 0.291. The molecule has 2 N–H and O–H groups in total. The molecule has 0 atom stereocenters. The topological polar surface area (TPSA) is 78.1 Å². The SMILES string of the molecule is COc1cccc(-c2cc(C(N)=O)nc(I3CC=CCC3)n2)c1. The normalized spacial score (nSPS) is 15.4. The number of allylic oxidation sites excluding steroid dienone is 2. The molecule has 1 aliphatic heterocycles. The molecule has 0 aliphatic carbocycles. The molecule has 120 valence electrons. The number of carbonyl (C=O) groups excluding carboxylic acids is 1. The summed E-state index contributed by atoms with van der Waals surface area (Å²) in [7, 11) is 1.63. The van der Waals surface area contributed by atoms with Crippen molar-refractivity contribution in [1.29, 1.82) is 0 Å². The van der Waals surface area contributed by atoms with Gasteiger partial charge in [-0.1, -0.05) is 0 Å². The van der Waals surface area contributed by atoms with Crippen LogP contribution in [-0.2, 0) is 0 Å². The quantitative estimate of drug-likeness (QED) is 0.355. The van der Waals surface area contributed by atoms with Crippen LogP contribution in [0.3, 0.4) is 0 Å². The molecule has 1 aromatic carbocycles. The van der Waals surface area contributed by atoms with Gasteiger partial charge in [-0.05, 0) is 0 Å². The average molecular weight is 423 g/mol. The van der Waals surface area contributed by atoms with E-state index in [9.17, 15) is 4.79 Å². The summed E-state index contributed by atoms with van der Waals surface area (Å²) < 4.78 is 8.29. The summed E-state index contributed by atoms with van der Waals surface area (Å²) >= 11 is -1.46. The van der Waals surface area contributed by atoms with E-state index in [0.29, 0.717) is 5.69 Å². The predicted octanol–water partition coefficient (Wildman–Crippen LogP) is 2.89. The van der Waals surface area contributed by atoms with Crippen LogP contribution in [0.4, 0.5) is 0 Å². The molecule has 1 aromatic heterocycles. The third-order valence-electron chi connectivity index (χ3n) is 3.50. The molecule has 0 spiro atoms. The van der Waals surface area contributed by atoms with Gasteiger partial charge in [0.15, 0.2) is 0 Å². The van der Waals surface area contributed by atoms with Crippen molar-refractivity contribution in [3.63, 3.8) is 0 Å². The van der Waals surface area contributed by atoms with Gasteiger partial charge in [0.2, 0.25) is 0 Å². The van der Waals surface area contributed by atoms with Crippen LogP contribution in [0.15, 0.2) is 42.5 Å². The molecule has 3 rings (SSSR count). The number of methoxy groups -OCH3 is 1. The van der Waals surface area contributed by atoms with Crippen LogP contribution in [0.5, 0.6) is 5.75 Å². The second-order valence-corrected chi connectivity index (χ2v) is 10.6. The zero-order chi connectivity index (χ0) is 16.2. The second kappa shape index (κ2) is 7.08. The molecular formula is C17H18IN3O2. The van der Waals surface area contributed by atoms with Gasteiger partial charge in [-0.3, -0.25) is 0 Å². The number of amides is 1. The summed E-state index contributed by atoms with van der Waals surface area (Å²) in [5.74, 6) is 0.240. The molecule has 2 aromatic rings. The first-order chi connectivity index (χ1) is 11.2. The van der Waals surface area contributed by atoms with Crippen LogP contribution in [0.2, 0.25) is 0 Å². The standard InChI is InChI=1S/C17H18IN3O2/c1-23-13-7-5-6-12(10-13)14-11-15(16(19)22)21-17(20-14)18-8-3-2-4-9-18/h2-3,5-7,10-11H,4,8-9H2,1H3,(H2,19,22). The van der Waals surface area contributed by atoms with E-state index in [1.54, 1.807) is 13.2 Å². The first-order valence-corrected chi connectivity index (χ1v) is 11.4. The molecule has 0 bridgehead atoms. The molecule has 0 fully saturated rings. The fourth-order valence-corrected chi connectivity index (χ4v) is 6.91. The Labute approximate surface area is 142 Å². The van der Waals surface area contributed by atoms with Crippen LogP contribution in [0.1, 0.15) is 16.9 Å². The van der Waals surface area contributed by atoms with Crippen LogP contribution in [0, 0.1) is 3.83 Å². The number of carbonyl (C=O) groups is 1. The van der Waals surface area contributed by atoms with E-state index in [-0.39, 0.29) is 0 Å². The van der Waals surface area contributed by atoms with Crippen LogP contribution >= 0.6 is 19.8 Å². The maximum absolute atomic E-state index is 11.7. The zero-order valence-electron chi connectivity index (χ0n) is 12.8. The number of hydrogen-bond donors (Lipinski definition) is 1. The van der Waals surface area contributed by atoms with Gasteiger partial charge in [-0.15, -0.1) is 0 Å². The van der Waals surface area contributed by atoms with Gasteiger partial charge < -0.3 is 0 Å². The van der Waals surface area contributed by atoms with E-state index in [1.165, 1.54) is 0 Å². The van der Waals surface area contributed by atoms with Gasteiger partial charge in [0.1, 0.15) is 0 Å². The first-order valence-electron chi connectivity index (χ1n) is 7.27. The van der Waals surface area contributed by atoms with Gasteiger partial charge in [-0.2, -0.15) is 0 Å². The van der Waals surface area contributed by atoms with E-state index in [0.717, 1.165) is 36.1 Å². The van der Waals surface area contributed by atoms with Crippen molar-refractivity contribution in [2.45, 2.75) is 6.42 Å². The third-order valence-corrected chi connectivity index (χ3v) is 8.85. The van der Waals surface area contributed by atoms with E-state index < -0.39 is 25.7 Å². The number of alkyl halides is 2. The molecule has 0 saturated heterocycles. The molecule has 0 saturated carbocycles. The number of nitrogens with zero attached hydrogens (tertiary/aromatic N) is 2. The summed E-state index contributed by atoms with van der Waals surface area (Å²) in [5, 5.41) is 0. The van der Waals surface area contributed by atoms with Crippen LogP contribution in [0.25, 0.3) is 11.3 Å². The van der Waals surface area contributed by atoms with Crippen molar-refractivity contribution < 1.29 is 9.53 Å². The Morgan fingerprint density at radius 2 is 2.13 bits per heavy atom. The van der Waals surface area contributed by atoms with Crippen LogP contribution in [-0.4, -0.2) is 31.8 Å². The molecule has 0 radical (unpaired) electrons. The summed E-state index contributed by atoms with van der Waals surface area (Å²) in [6.07, 6.45) is 5.48. The van der Waals surface area contributed by atoms with Crippen molar-refractivity contribution in [3.05, 3.63) is 52.0 Å².